The summed E-state index contributed by atoms with van der Waals surface area (Å²) in [6.07, 6.45) is -4.05. The summed E-state index contributed by atoms with van der Waals surface area (Å²) >= 11 is -0.880. The predicted octanol–water partition coefficient (Wildman–Crippen LogP) is 0.215. The van der Waals surface area contributed by atoms with E-state index in [2.05, 4.69) is 0 Å². The van der Waals surface area contributed by atoms with Crippen molar-refractivity contribution in [2.75, 3.05) is 0 Å². The van der Waals surface area contributed by atoms with Crippen LogP contribution in [0, 0.1) is 0 Å². The number of rotatable bonds is 1. The Morgan fingerprint density at radius 2 is 1.17 bits per heavy atom. The Bertz CT molecular complexity index is 153. The molecule has 0 aliphatic rings. The molecule has 0 saturated carbocycles. The predicted molar refractivity (Wildman–Crippen MR) is 39.9 cm³/mol. The van der Waals surface area contributed by atoms with E-state index in [4.69, 9.17) is 0 Å². The fraction of sp³-hybridized carbons (Fsp3) is 1.00. The average Bonchev–Trinajstić information content (AvgIpc) is 1.52. The van der Waals surface area contributed by atoms with Crippen molar-refractivity contribution in [1.82, 2.24) is 0 Å². The van der Waals surface area contributed by atoms with Crippen LogP contribution in [-0.2, 0) is 0 Å². The molecule has 0 radical (unpaired) electrons. The Hall–Kier alpha value is 0.520. The Morgan fingerprint density at radius 3 is 1.25 bits per heavy atom. The second-order valence-corrected chi connectivity index (χ2v) is 10.6. The van der Waals surface area contributed by atoms with Crippen LogP contribution in [-0.4, -0.2) is 13.0 Å². The van der Waals surface area contributed by atoms with Gasteiger partial charge in [0.25, 0.3) is 0 Å². The van der Waals surface area contributed by atoms with Crippen LogP contribution in [0.2, 0.25) is 0 Å². The standard InChI is InChI=1S/C8H15F3I/c1-6(2,3)12-7(4,5)8(9,10)11/h1-5H3/q-1. The van der Waals surface area contributed by atoms with Crippen LogP contribution in [0.3, 0.4) is 0 Å². The summed E-state index contributed by atoms with van der Waals surface area (Å²) in [7, 11) is 0. The van der Waals surface area contributed by atoms with E-state index >= 15 is 0 Å². The zero-order valence-electron chi connectivity index (χ0n) is 8.01. The van der Waals surface area contributed by atoms with E-state index in [0.717, 1.165) is 0 Å². The number of halogens is 4. The molecule has 0 aliphatic carbocycles. The minimum atomic E-state index is -4.05. The first-order valence-corrected chi connectivity index (χ1v) is 5.85. The van der Waals surface area contributed by atoms with Gasteiger partial charge in [0.2, 0.25) is 0 Å². The SMILES string of the molecule is CC(C)(C)[I-]C(C)(C)C(F)(F)F. The van der Waals surface area contributed by atoms with Gasteiger partial charge in [-0.1, -0.05) is 0 Å². The zero-order valence-corrected chi connectivity index (χ0v) is 10.2. The molecule has 0 saturated heterocycles. The molecule has 0 rings (SSSR count). The van der Waals surface area contributed by atoms with Crippen LogP contribution in [0.1, 0.15) is 34.6 Å². The third-order valence-corrected chi connectivity index (χ3v) is 4.77. The second kappa shape index (κ2) is 3.35. The van der Waals surface area contributed by atoms with Crippen molar-refractivity contribution in [3.8, 4) is 0 Å². The van der Waals surface area contributed by atoms with Gasteiger partial charge in [-0.3, -0.25) is 0 Å². The van der Waals surface area contributed by atoms with Crippen LogP contribution in [0.4, 0.5) is 13.2 Å². The fourth-order valence-corrected chi connectivity index (χ4v) is 5.11. The van der Waals surface area contributed by atoms with Crippen molar-refractivity contribution in [1.29, 1.82) is 0 Å². The van der Waals surface area contributed by atoms with Gasteiger partial charge >= 0.3 is 82.0 Å². The molecule has 0 N–H and O–H groups in total. The van der Waals surface area contributed by atoms with Crippen LogP contribution >= 0.6 is 0 Å². The van der Waals surface area contributed by atoms with E-state index < -0.39 is 30.8 Å². The van der Waals surface area contributed by atoms with Gasteiger partial charge in [0, 0.05) is 0 Å². The van der Waals surface area contributed by atoms with Crippen molar-refractivity contribution in [3.63, 3.8) is 0 Å². The van der Waals surface area contributed by atoms with Gasteiger partial charge < -0.3 is 0 Å². The molecule has 0 aromatic rings. The molecule has 0 bridgehead atoms. The first kappa shape index (κ1) is 12.5. The summed E-state index contributed by atoms with van der Waals surface area (Å²) in [6, 6.07) is 0. The molecule has 12 heavy (non-hydrogen) atoms. The van der Waals surface area contributed by atoms with Crippen molar-refractivity contribution < 1.29 is 34.4 Å². The summed E-state index contributed by atoms with van der Waals surface area (Å²) in [6.45, 7) is 8.20. The van der Waals surface area contributed by atoms with E-state index in [1.807, 2.05) is 20.8 Å². The molecular formula is C8H15F3I-. The topological polar surface area (TPSA) is 0 Å². The van der Waals surface area contributed by atoms with Gasteiger partial charge in [0.05, 0.1) is 0 Å². The third kappa shape index (κ3) is 3.96. The molecule has 0 aromatic heterocycles. The van der Waals surface area contributed by atoms with Crippen molar-refractivity contribution in [3.05, 3.63) is 0 Å². The van der Waals surface area contributed by atoms with Crippen LogP contribution in [0.25, 0.3) is 0 Å². The third-order valence-electron chi connectivity index (χ3n) is 1.19. The van der Waals surface area contributed by atoms with E-state index in [-0.39, 0.29) is 3.42 Å². The van der Waals surface area contributed by atoms with Gasteiger partial charge in [-0.05, 0) is 0 Å². The van der Waals surface area contributed by atoms with Crippen molar-refractivity contribution >= 4 is 0 Å². The number of alkyl halides is 5. The summed E-state index contributed by atoms with van der Waals surface area (Å²) in [5, 5.41) is 0. The second-order valence-electron chi connectivity index (χ2n) is 4.13. The molecule has 0 spiro atoms. The molecule has 0 fully saturated rings. The minimum absolute atomic E-state index is 0.169. The van der Waals surface area contributed by atoms with Crippen LogP contribution < -0.4 is 21.2 Å². The van der Waals surface area contributed by atoms with Gasteiger partial charge in [-0.15, -0.1) is 0 Å². The van der Waals surface area contributed by atoms with E-state index in [0.29, 0.717) is 0 Å². The Morgan fingerprint density at radius 1 is 0.833 bits per heavy atom. The Kier molecular flexibility index (Phi) is 3.49. The molecule has 0 unspecified atom stereocenters. The maximum atomic E-state index is 12.4. The molecular weight excluding hydrogens is 280 g/mol. The van der Waals surface area contributed by atoms with E-state index in [1.54, 1.807) is 0 Å². The maximum absolute atomic E-state index is 12.4. The van der Waals surface area contributed by atoms with Crippen molar-refractivity contribution in [2.45, 2.75) is 47.6 Å². The zero-order chi connectivity index (χ0) is 10.2. The summed E-state index contributed by atoms with van der Waals surface area (Å²) in [5.41, 5.74) is 0. The van der Waals surface area contributed by atoms with E-state index in [9.17, 15) is 13.2 Å². The normalized spacial score (nSPS) is 15.3. The molecule has 0 amide bonds. The molecule has 0 aliphatic heterocycles. The van der Waals surface area contributed by atoms with Gasteiger partial charge in [0.15, 0.2) is 0 Å². The molecule has 4 heteroatoms. The van der Waals surface area contributed by atoms with Crippen molar-refractivity contribution in [2.24, 2.45) is 0 Å². The monoisotopic (exact) mass is 295 g/mol. The Labute approximate surface area is 82.2 Å². The van der Waals surface area contributed by atoms with E-state index in [1.165, 1.54) is 13.8 Å². The van der Waals surface area contributed by atoms with Gasteiger partial charge in [0.1, 0.15) is 0 Å². The van der Waals surface area contributed by atoms with Crippen LogP contribution in [0.15, 0.2) is 0 Å². The molecule has 0 nitrogen and oxygen atoms in total. The summed E-state index contributed by atoms with van der Waals surface area (Å²) < 4.78 is 35.5. The number of hydrogen-bond acceptors (Lipinski definition) is 0. The van der Waals surface area contributed by atoms with Crippen LogP contribution in [0.5, 0.6) is 0 Å². The fourth-order valence-electron chi connectivity index (χ4n) is 0.762. The summed E-state index contributed by atoms with van der Waals surface area (Å²) in [5.74, 6) is 0. The quantitative estimate of drug-likeness (QED) is 0.479. The summed E-state index contributed by atoms with van der Waals surface area (Å²) in [4.78, 5) is 0. The number of hydrogen-bond donors (Lipinski definition) is 0. The van der Waals surface area contributed by atoms with Gasteiger partial charge in [-0.25, -0.2) is 0 Å². The molecule has 0 atom stereocenters. The van der Waals surface area contributed by atoms with Gasteiger partial charge in [-0.2, -0.15) is 0 Å². The Balaban J connectivity index is 4.44. The average molecular weight is 295 g/mol. The molecule has 0 heterocycles. The molecule has 76 valence electrons. The first-order chi connectivity index (χ1) is 4.96. The first-order valence-electron chi connectivity index (χ1n) is 3.69. The molecule has 0 aromatic carbocycles.